The van der Waals surface area contributed by atoms with Crippen molar-refractivity contribution < 1.29 is 27.4 Å². The SMILES string of the molecule is COc1cccc(OCCNC(=O)[C@@H]2CN(S(=O)(=O)c3ccc(C)cc3)c3cc(C(C)(C)C)ccc3O2)c1. The van der Waals surface area contributed by atoms with Crippen molar-refractivity contribution in [2.45, 2.75) is 44.1 Å². The molecule has 0 saturated carbocycles. The number of benzene rings is 3. The van der Waals surface area contributed by atoms with Crippen molar-refractivity contribution in [1.29, 1.82) is 0 Å². The van der Waals surface area contributed by atoms with Gasteiger partial charge in [-0.25, -0.2) is 8.42 Å². The fourth-order valence-electron chi connectivity index (χ4n) is 4.07. The Hall–Kier alpha value is -3.72. The summed E-state index contributed by atoms with van der Waals surface area (Å²) in [5.74, 6) is 1.21. The lowest BCUT2D eigenvalue weighted by Crippen LogP contribution is -2.51. The largest absolute Gasteiger partial charge is 0.497 e. The Kier molecular flexibility index (Phi) is 7.87. The molecule has 0 fully saturated rings. The number of methoxy groups -OCH3 is 1. The minimum Gasteiger partial charge on any atom is -0.497 e. The summed E-state index contributed by atoms with van der Waals surface area (Å²) in [6, 6.07) is 19.3. The Morgan fingerprint density at radius 3 is 2.45 bits per heavy atom. The van der Waals surface area contributed by atoms with Gasteiger partial charge in [0, 0.05) is 6.07 Å². The van der Waals surface area contributed by atoms with Crippen LogP contribution in [0.1, 0.15) is 31.9 Å². The maximum Gasteiger partial charge on any atom is 0.264 e. The molecule has 0 saturated heterocycles. The Balaban J connectivity index is 1.54. The first-order chi connectivity index (χ1) is 18.0. The van der Waals surface area contributed by atoms with Crippen LogP contribution in [-0.4, -0.2) is 47.2 Å². The van der Waals surface area contributed by atoms with Crippen molar-refractivity contribution in [3.63, 3.8) is 0 Å². The van der Waals surface area contributed by atoms with Crippen molar-refractivity contribution in [2.24, 2.45) is 0 Å². The van der Waals surface area contributed by atoms with Gasteiger partial charge in [-0.1, -0.05) is 50.6 Å². The van der Waals surface area contributed by atoms with Crippen LogP contribution in [0, 0.1) is 6.92 Å². The quantitative estimate of drug-likeness (QED) is 0.426. The minimum atomic E-state index is -3.95. The number of hydrogen-bond acceptors (Lipinski definition) is 6. The molecule has 1 aliphatic heterocycles. The Labute approximate surface area is 224 Å². The summed E-state index contributed by atoms with van der Waals surface area (Å²) >= 11 is 0. The lowest BCUT2D eigenvalue weighted by atomic mass is 9.86. The van der Waals surface area contributed by atoms with E-state index in [9.17, 15) is 13.2 Å². The number of rotatable bonds is 8. The molecule has 0 spiro atoms. The summed E-state index contributed by atoms with van der Waals surface area (Å²) in [6.07, 6.45) is -1.03. The van der Waals surface area contributed by atoms with E-state index in [1.165, 1.54) is 4.31 Å². The number of fused-ring (bicyclic) bond motifs is 1. The van der Waals surface area contributed by atoms with Gasteiger partial charge in [0.2, 0.25) is 0 Å². The van der Waals surface area contributed by atoms with E-state index in [0.29, 0.717) is 22.9 Å². The molecule has 0 aliphatic carbocycles. The number of hydrogen-bond donors (Lipinski definition) is 1. The average molecular weight is 539 g/mol. The van der Waals surface area contributed by atoms with Crippen LogP contribution >= 0.6 is 0 Å². The van der Waals surface area contributed by atoms with Crippen LogP contribution in [-0.2, 0) is 20.2 Å². The van der Waals surface area contributed by atoms with Crippen molar-refractivity contribution in [3.05, 3.63) is 77.9 Å². The molecule has 4 rings (SSSR count). The summed E-state index contributed by atoms with van der Waals surface area (Å²) in [4.78, 5) is 13.2. The zero-order valence-electron chi connectivity index (χ0n) is 22.4. The monoisotopic (exact) mass is 538 g/mol. The Morgan fingerprint density at radius 1 is 1.05 bits per heavy atom. The van der Waals surface area contributed by atoms with E-state index in [1.807, 2.05) is 31.2 Å². The van der Waals surface area contributed by atoms with Gasteiger partial charge in [0.1, 0.15) is 23.9 Å². The van der Waals surface area contributed by atoms with Gasteiger partial charge >= 0.3 is 0 Å². The second kappa shape index (κ2) is 10.9. The van der Waals surface area contributed by atoms with Crippen LogP contribution < -0.4 is 23.8 Å². The van der Waals surface area contributed by atoms with Gasteiger partial charge in [-0.15, -0.1) is 0 Å². The number of aryl methyl sites for hydroxylation is 1. The van der Waals surface area contributed by atoms with Gasteiger partial charge in [-0.3, -0.25) is 9.10 Å². The van der Waals surface area contributed by atoms with E-state index in [4.69, 9.17) is 14.2 Å². The summed E-state index contributed by atoms with van der Waals surface area (Å²) in [5, 5.41) is 2.80. The van der Waals surface area contributed by atoms with Crippen LogP contribution in [0.3, 0.4) is 0 Å². The van der Waals surface area contributed by atoms with E-state index in [-0.39, 0.29) is 30.0 Å². The van der Waals surface area contributed by atoms with Crippen LogP contribution in [0.15, 0.2) is 71.6 Å². The molecule has 3 aromatic carbocycles. The third kappa shape index (κ3) is 6.05. The standard InChI is InChI=1S/C29H34N2O6S/c1-20-9-12-24(13-10-20)38(33,34)31-19-27(37-26-14-11-21(17-25(26)31)29(2,3)4)28(32)30-15-16-36-23-8-6-7-22(18-23)35-5/h6-14,17-18,27H,15-16,19H2,1-5H3,(H,30,32)/t27-/m0/s1. The highest BCUT2D eigenvalue weighted by atomic mass is 32.2. The summed E-state index contributed by atoms with van der Waals surface area (Å²) < 4.78 is 45.7. The van der Waals surface area contributed by atoms with Crippen molar-refractivity contribution >= 4 is 21.6 Å². The van der Waals surface area contributed by atoms with Gasteiger partial charge in [0.25, 0.3) is 15.9 Å². The predicted octanol–water partition coefficient (Wildman–Crippen LogP) is 4.45. The number of amides is 1. The molecule has 202 valence electrons. The normalized spacial score (nSPS) is 15.3. The lowest BCUT2D eigenvalue weighted by molar-refractivity contribution is -0.127. The van der Waals surface area contributed by atoms with Gasteiger partial charge in [0.15, 0.2) is 6.10 Å². The number of sulfonamides is 1. The maximum atomic E-state index is 13.8. The summed E-state index contributed by atoms with van der Waals surface area (Å²) in [7, 11) is -2.37. The Bertz CT molecular complexity index is 1400. The molecule has 38 heavy (non-hydrogen) atoms. The zero-order valence-corrected chi connectivity index (χ0v) is 23.2. The van der Waals surface area contributed by atoms with Crippen molar-refractivity contribution in [3.8, 4) is 17.2 Å². The highest BCUT2D eigenvalue weighted by Gasteiger charge is 2.38. The highest BCUT2D eigenvalue weighted by molar-refractivity contribution is 7.92. The van der Waals surface area contributed by atoms with Gasteiger partial charge in [0.05, 0.1) is 30.8 Å². The highest BCUT2D eigenvalue weighted by Crippen LogP contribution is 2.40. The molecule has 1 atom stereocenters. The first-order valence-corrected chi connectivity index (χ1v) is 13.9. The minimum absolute atomic E-state index is 0.153. The molecule has 1 amide bonds. The van der Waals surface area contributed by atoms with Gasteiger partial charge in [-0.2, -0.15) is 0 Å². The number of nitrogens with one attached hydrogen (secondary N) is 1. The van der Waals surface area contributed by atoms with Crippen molar-refractivity contribution in [1.82, 2.24) is 5.32 Å². The molecular weight excluding hydrogens is 504 g/mol. The van der Waals surface area contributed by atoms with Gasteiger partial charge < -0.3 is 19.5 Å². The van der Waals surface area contributed by atoms with Crippen LogP contribution in [0.4, 0.5) is 5.69 Å². The molecule has 1 heterocycles. The van der Waals surface area contributed by atoms with E-state index in [0.717, 1.165) is 11.1 Å². The number of anilines is 1. The van der Waals surface area contributed by atoms with E-state index in [2.05, 4.69) is 26.1 Å². The molecule has 1 aliphatic rings. The molecule has 0 bridgehead atoms. The maximum absolute atomic E-state index is 13.8. The number of nitrogens with zero attached hydrogens (tertiary/aromatic N) is 1. The fourth-order valence-corrected chi connectivity index (χ4v) is 5.54. The second-order valence-electron chi connectivity index (χ2n) is 10.2. The topological polar surface area (TPSA) is 94.2 Å². The summed E-state index contributed by atoms with van der Waals surface area (Å²) in [6.45, 7) is 8.36. The average Bonchev–Trinajstić information content (AvgIpc) is 2.89. The van der Waals surface area contributed by atoms with Crippen LogP contribution in [0.25, 0.3) is 0 Å². The molecule has 3 aromatic rings. The third-order valence-corrected chi connectivity index (χ3v) is 8.10. The molecule has 8 nitrogen and oxygen atoms in total. The number of carbonyl (C=O) groups excluding carboxylic acids is 1. The van der Waals surface area contributed by atoms with Crippen LogP contribution in [0.2, 0.25) is 0 Å². The number of ether oxygens (including phenoxy) is 3. The Morgan fingerprint density at radius 2 is 1.76 bits per heavy atom. The number of carbonyl (C=O) groups is 1. The smallest absolute Gasteiger partial charge is 0.264 e. The third-order valence-electron chi connectivity index (χ3n) is 6.31. The van der Waals surface area contributed by atoms with Crippen molar-refractivity contribution in [2.75, 3.05) is 31.1 Å². The second-order valence-corrected chi connectivity index (χ2v) is 12.1. The molecule has 0 radical (unpaired) electrons. The van der Waals surface area contributed by atoms with E-state index >= 15 is 0 Å². The molecule has 0 aromatic heterocycles. The molecular formula is C29H34N2O6S. The fraction of sp³-hybridized carbons (Fsp3) is 0.345. The van der Waals surface area contributed by atoms with Gasteiger partial charge in [-0.05, 0) is 54.3 Å². The first kappa shape index (κ1) is 27.3. The molecule has 9 heteroatoms. The zero-order chi connectivity index (χ0) is 27.5. The first-order valence-electron chi connectivity index (χ1n) is 12.4. The predicted molar refractivity (Wildman–Crippen MR) is 147 cm³/mol. The summed E-state index contributed by atoms with van der Waals surface area (Å²) in [5.41, 5.74) is 2.13. The van der Waals surface area contributed by atoms with E-state index in [1.54, 1.807) is 49.6 Å². The molecule has 1 N–H and O–H groups in total. The van der Waals surface area contributed by atoms with Crippen LogP contribution in [0.5, 0.6) is 17.2 Å². The molecule has 0 unspecified atom stereocenters. The lowest BCUT2D eigenvalue weighted by Gasteiger charge is -2.36. The van der Waals surface area contributed by atoms with E-state index < -0.39 is 22.0 Å².